The molecule has 0 radical (unpaired) electrons. The Morgan fingerprint density at radius 3 is 2.23 bits per heavy atom. The maximum absolute atomic E-state index is 11.9. The summed E-state index contributed by atoms with van der Waals surface area (Å²) in [4.78, 5) is 32.7. The van der Waals surface area contributed by atoms with Crippen LogP contribution in [0, 0.1) is 18.8 Å². The third kappa shape index (κ3) is 13.4. The summed E-state index contributed by atoms with van der Waals surface area (Å²) in [6, 6.07) is 10.5. The Balaban J connectivity index is 0.000000708. The number of nitrogens with zero attached hydrogens (tertiary/aromatic N) is 1. The van der Waals surface area contributed by atoms with Gasteiger partial charge in [0.25, 0.3) is 6.47 Å². The van der Waals surface area contributed by atoms with E-state index in [1.807, 2.05) is 40.1 Å². The summed E-state index contributed by atoms with van der Waals surface area (Å²) in [6.07, 6.45) is 7.88. The lowest BCUT2D eigenvalue weighted by atomic mass is 9.99. The predicted octanol–water partition coefficient (Wildman–Crippen LogP) is 7.69. The van der Waals surface area contributed by atoms with Crippen LogP contribution >= 0.6 is 0 Å². The molecule has 2 N–H and O–H groups in total. The lowest BCUT2D eigenvalue weighted by molar-refractivity contribution is -0.126. The van der Waals surface area contributed by atoms with Crippen molar-refractivity contribution in [3.63, 3.8) is 0 Å². The second-order valence-electron chi connectivity index (χ2n) is 10.9. The van der Waals surface area contributed by atoms with Gasteiger partial charge in [-0.05, 0) is 68.5 Å². The number of rotatable bonds is 11. The summed E-state index contributed by atoms with van der Waals surface area (Å²) in [5.74, 6) is 0.0981. The van der Waals surface area contributed by atoms with Gasteiger partial charge in [0.2, 0.25) is 0 Å². The standard InChI is InChI=1S/C16H23NO4.C15H21N.C2H4O2.C2H6/c1-10(2)15(19)14-12(18)9-13(21-16(14)20)11(3)7-5-6-8-17-4;1-11(2)5-6-13-7-8-15-14(10-13)9-12(3)16(15)4;1-4-2-3;1-2/h6,8-11,17-18H,5,7H2,1-4H3;7-11H,5-6H2,1-4H3;2H,1H3;1-2H3/b8-6+;;;. The van der Waals surface area contributed by atoms with Gasteiger partial charge in [-0.1, -0.05) is 60.6 Å². The normalized spacial score (nSPS) is 11.2. The van der Waals surface area contributed by atoms with Crippen molar-refractivity contribution in [3.05, 3.63) is 75.6 Å². The number of ether oxygens (including phenoxy) is 1. The molecule has 43 heavy (non-hydrogen) atoms. The first-order chi connectivity index (χ1) is 20.4. The number of aromatic nitrogens is 1. The number of Topliss-reactive ketones (excluding diaryl/α,β-unsaturated/α-hetero) is 1. The van der Waals surface area contributed by atoms with E-state index in [-0.39, 0.29) is 23.1 Å². The maximum Gasteiger partial charge on any atom is 0.350 e. The molecule has 0 fully saturated rings. The Morgan fingerprint density at radius 1 is 1.09 bits per heavy atom. The molecule has 0 aliphatic carbocycles. The van der Waals surface area contributed by atoms with E-state index in [2.05, 4.69) is 66.7 Å². The highest BCUT2D eigenvalue weighted by molar-refractivity contribution is 5.99. The molecule has 1 atom stereocenters. The molecule has 1 unspecified atom stereocenters. The highest BCUT2D eigenvalue weighted by Gasteiger charge is 2.22. The minimum absolute atomic E-state index is 0.0201. The zero-order valence-corrected chi connectivity index (χ0v) is 28.1. The molecular weight excluding hydrogens is 544 g/mol. The van der Waals surface area contributed by atoms with Gasteiger partial charge in [0.15, 0.2) is 5.78 Å². The van der Waals surface area contributed by atoms with E-state index >= 15 is 0 Å². The van der Waals surface area contributed by atoms with E-state index in [1.54, 1.807) is 13.8 Å². The number of benzene rings is 1. The van der Waals surface area contributed by atoms with Crippen LogP contribution in [0.1, 0.15) is 101 Å². The van der Waals surface area contributed by atoms with E-state index in [0.717, 1.165) is 18.8 Å². The molecule has 0 aliphatic heterocycles. The van der Waals surface area contributed by atoms with Crippen molar-refractivity contribution in [2.24, 2.45) is 18.9 Å². The number of carbonyl (C=O) groups excluding carboxylic acids is 2. The van der Waals surface area contributed by atoms with Crippen molar-refractivity contribution in [2.75, 3.05) is 14.2 Å². The zero-order chi connectivity index (χ0) is 33.1. The summed E-state index contributed by atoms with van der Waals surface area (Å²) in [5, 5.41) is 14.2. The molecule has 2 heterocycles. The van der Waals surface area contributed by atoms with E-state index in [4.69, 9.17) is 9.21 Å². The van der Waals surface area contributed by atoms with E-state index in [9.17, 15) is 14.7 Å². The van der Waals surface area contributed by atoms with Gasteiger partial charge in [-0.25, -0.2) is 4.79 Å². The van der Waals surface area contributed by atoms with Gasteiger partial charge < -0.3 is 24.1 Å². The topological polar surface area (TPSA) is 111 Å². The van der Waals surface area contributed by atoms with Gasteiger partial charge in [-0.2, -0.15) is 0 Å². The Hall–Kier alpha value is -3.81. The summed E-state index contributed by atoms with van der Waals surface area (Å²) < 4.78 is 11.3. The van der Waals surface area contributed by atoms with Crippen LogP contribution in [0.5, 0.6) is 5.75 Å². The molecule has 2 aromatic heterocycles. The van der Waals surface area contributed by atoms with Crippen LogP contribution in [-0.2, 0) is 23.0 Å². The molecule has 0 saturated heterocycles. The number of carbonyl (C=O) groups is 2. The van der Waals surface area contributed by atoms with Gasteiger partial charge in [0.1, 0.15) is 17.1 Å². The lowest BCUT2D eigenvalue weighted by Crippen LogP contribution is -2.19. The molecule has 0 saturated carbocycles. The third-order valence-corrected chi connectivity index (χ3v) is 6.71. The molecule has 0 spiro atoms. The average Bonchev–Trinajstić information content (AvgIpc) is 3.27. The van der Waals surface area contributed by atoms with Crippen LogP contribution in [-0.4, -0.2) is 36.1 Å². The van der Waals surface area contributed by atoms with Crippen LogP contribution in [0.4, 0.5) is 0 Å². The molecule has 8 nitrogen and oxygen atoms in total. The summed E-state index contributed by atoms with van der Waals surface area (Å²) in [5.41, 5.74) is 3.12. The minimum Gasteiger partial charge on any atom is -0.507 e. The summed E-state index contributed by atoms with van der Waals surface area (Å²) in [6.45, 7) is 16.4. The predicted molar refractivity (Wildman–Crippen MR) is 177 cm³/mol. The van der Waals surface area contributed by atoms with Crippen LogP contribution in [0.3, 0.4) is 0 Å². The van der Waals surface area contributed by atoms with Crippen molar-refractivity contribution in [1.82, 2.24) is 9.88 Å². The average molecular weight is 599 g/mol. The molecular formula is C35H54N2O6. The summed E-state index contributed by atoms with van der Waals surface area (Å²) >= 11 is 0. The van der Waals surface area contributed by atoms with Crippen LogP contribution in [0.25, 0.3) is 10.9 Å². The highest BCUT2D eigenvalue weighted by Crippen LogP contribution is 2.26. The number of hydrogen-bond acceptors (Lipinski definition) is 7. The number of hydrogen-bond donors (Lipinski definition) is 2. The molecule has 240 valence electrons. The van der Waals surface area contributed by atoms with Crippen molar-refractivity contribution < 1.29 is 23.8 Å². The van der Waals surface area contributed by atoms with E-state index in [0.29, 0.717) is 12.2 Å². The van der Waals surface area contributed by atoms with Gasteiger partial charge in [0.05, 0.1) is 7.11 Å². The number of allylic oxidation sites excluding steroid dienone is 1. The maximum atomic E-state index is 11.9. The summed E-state index contributed by atoms with van der Waals surface area (Å²) in [7, 11) is 5.26. The fraction of sp³-hybridized carbons (Fsp3) is 0.514. The molecule has 0 amide bonds. The van der Waals surface area contributed by atoms with Gasteiger partial charge in [-0.15, -0.1) is 0 Å². The molecule has 0 aliphatic rings. The number of nitrogens with one attached hydrogen (secondary N) is 1. The van der Waals surface area contributed by atoms with Crippen LogP contribution < -0.4 is 10.9 Å². The molecule has 0 bridgehead atoms. The SMILES string of the molecule is CC.CN/C=C/CCC(C)c1cc(O)c(C(=O)C(C)C)c(=O)o1.COC=O.Cc1cc2cc(CCC(C)C)ccc2n1C. The van der Waals surface area contributed by atoms with Crippen LogP contribution in [0.2, 0.25) is 0 Å². The molecule has 3 aromatic rings. The highest BCUT2D eigenvalue weighted by atomic mass is 16.5. The van der Waals surface area contributed by atoms with Crippen molar-refractivity contribution in [3.8, 4) is 5.75 Å². The first kappa shape index (κ1) is 39.2. The first-order valence-corrected chi connectivity index (χ1v) is 15.1. The number of aromatic hydroxyl groups is 1. The number of methoxy groups -OCH3 is 1. The first-order valence-electron chi connectivity index (χ1n) is 15.1. The second-order valence-corrected chi connectivity index (χ2v) is 10.9. The second kappa shape index (κ2) is 21.0. The van der Waals surface area contributed by atoms with Gasteiger partial charge >= 0.3 is 5.63 Å². The van der Waals surface area contributed by atoms with E-state index < -0.39 is 11.4 Å². The Kier molecular flexibility index (Phi) is 19.1. The smallest absolute Gasteiger partial charge is 0.350 e. The Labute approximate surface area is 258 Å². The minimum atomic E-state index is -0.763. The third-order valence-electron chi connectivity index (χ3n) is 6.71. The quantitative estimate of drug-likeness (QED) is 0.172. The zero-order valence-electron chi connectivity index (χ0n) is 28.1. The van der Waals surface area contributed by atoms with Gasteiger partial charge in [0, 0.05) is 48.6 Å². The Bertz CT molecular complexity index is 1330. The largest absolute Gasteiger partial charge is 0.507 e. The van der Waals surface area contributed by atoms with Crippen molar-refractivity contribution >= 4 is 23.2 Å². The number of ketones is 1. The molecule has 1 aromatic carbocycles. The lowest BCUT2D eigenvalue weighted by Gasteiger charge is -2.11. The fourth-order valence-corrected chi connectivity index (χ4v) is 4.09. The fourth-order valence-electron chi connectivity index (χ4n) is 4.09. The van der Waals surface area contributed by atoms with Crippen molar-refractivity contribution in [2.45, 2.75) is 87.0 Å². The van der Waals surface area contributed by atoms with Crippen LogP contribution in [0.15, 0.2) is 51.8 Å². The monoisotopic (exact) mass is 598 g/mol. The molecule has 3 rings (SSSR count). The number of aryl methyl sites for hydroxylation is 3. The van der Waals surface area contributed by atoms with Gasteiger partial charge in [-0.3, -0.25) is 9.59 Å². The Morgan fingerprint density at radius 2 is 1.72 bits per heavy atom. The number of fused-ring (bicyclic) bond motifs is 1. The van der Waals surface area contributed by atoms with E-state index in [1.165, 1.54) is 48.2 Å². The molecule has 8 heteroatoms. The van der Waals surface area contributed by atoms with Crippen molar-refractivity contribution in [1.29, 1.82) is 0 Å².